The van der Waals surface area contributed by atoms with Gasteiger partial charge in [-0.1, -0.05) is 48.0 Å². The zero-order valence-electron chi connectivity index (χ0n) is 13.6. The Morgan fingerprint density at radius 3 is 2.60 bits per heavy atom. The number of fused-ring (bicyclic) bond motifs is 1. The van der Waals surface area contributed by atoms with E-state index in [4.69, 9.17) is 11.6 Å². The molecular weight excluding hydrogens is 336 g/mol. The van der Waals surface area contributed by atoms with Gasteiger partial charge in [0.25, 0.3) is 5.56 Å². The number of rotatable bonds is 3. The van der Waals surface area contributed by atoms with Crippen molar-refractivity contribution in [3.63, 3.8) is 0 Å². The van der Waals surface area contributed by atoms with Crippen LogP contribution in [0.25, 0.3) is 16.8 Å². The van der Waals surface area contributed by atoms with Gasteiger partial charge in [-0.25, -0.2) is 4.98 Å². The summed E-state index contributed by atoms with van der Waals surface area (Å²) in [6.45, 7) is 2.53. The van der Waals surface area contributed by atoms with Crippen molar-refractivity contribution in [2.24, 2.45) is 0 Å². The highest BCUT2D eigenvalue weighted by molar-refractivity contribution is 6.29. The van der Waals surface area contributed by atoms with E-state index in [1.165, 1.54) is 4.52 Å². The van der Waals surface area contributed by atoms with E-state index in [-0.39, 0.29) is 5.56 Å². The molecule has 0 atom stereocenters. The molecule has 0 fully saturated rings. The minimum atomic E-state index is -0.116. The number of aromatic nitrogens is 4. The first-order valence-corrected chi connectivity index (χ1v) is 8.26. The zero-order valence-corrected chi connectivity index (χ0v) is 14.3. The van der Waals surface area contributed by atoms with Crippen molar-refractivity contribution in [2.75, 3.05) is 0 Å². The quantitative estimate of drug-likeness (QED) is 0.531. The number of hydrogen-bond donors (Lipinski definition) is 0. The van der Waals surface area contributed by atoms with Gasteiger partial charge in [0.1, 0.15) is 10.8 Å². The molecule has 6 heteroatoms. The van der Waals surface area contributed by atoms with Crippen molar-refractivity contribution in [1.29, 1.82) is 0 Å². The minimum absolute atomic E-state index is 0.116. The molecule has 0 amide bonds. The third-order valence-corrected chi connectivity index (χ3v) is 4.49. The maximum absolute atomic E-state index is 12.9. The van der Waals surface area contributed by atoms with E-state index in [1.807, 2.05) is 49.4 Å². The third-order valence-electron chi connectivity index (χ3n) is 4.26. The van der Waals surface area contributed by atoms with Gasteiger partial charge in [0.15, 0.2) is 0 Å². The number of halogens is 1. The van der Waals surface area contributed by atoms with Crippen molar-refractivity contribution in [2.45, 2.75) is 13.5 Å². The van der Waals surface area contributed by atoms with Crippen molar-refractivity contribution >= 4 is 17.2 Å². The molecular formula is C19H15ClN4O. The molecule has 0 aliphatic carbocycles. The fraction of sp³-hybridized carbons (Fsp3) is 0.105. The Balaban J connectivity index is 1.96. The van der Waals surface area contributed by atoms with E-state index in [9.17, 15) is 4.79 Å². The third kappa shape index (κ3) is 2.72. The fourth-order valence-electron chi connectivity index (χ4n) is 3.04. The summed E-state index contributed by atoms with van der Waals surface area (Å²) in [5.74, 6) is 0. The molecule has 3 heterocycles. The Hall–Kier alpha value is -2.92. The summed E-state index contributed by atoms with van der Waals surface area (Å²) < 4.78 is 3.51. The van der Waals surface area contributed by atoms with E-state index in [2.05, 4.69) is 14.6 Å². The zero-order chi connectivity index (χ0) is 17.4. The van der Waals surface area contributed by atoms with Crippen molar-refractivity contribution in [1.82, 2.24) is 19.2 Å². The number of benzene rings is 1. The number of hydrogen-bond acceptors (Lipinski definition) is 3. The second-order valence-electron chi connectivity index (χ2n) is 5.81. The predicted molar refractivity (Wildman–Crippen MR) is 98.0 cm³/mol. The maximum atomic E-state index is 12.9. The summed E-state index contributed by atoms with van der Waals surface area (Å²) in [7, 11) is 0. The molecule has 124 valence electrons. The van der Waals surface area contributed by atoms with E-state index < -0.39 is 0 Å². The van der Waals surface area contributed by atoms with Crippen molar-refractivity contribution in [3.8, 4) is 11.1 Å². The lowest BCUT2D eigenvalue weighted by Gasteiger charge is -2.16. The van der Waals surface area contributed by atoms with Crippen LogP contribution in [-0.4, -0.2) is 19.2 Å². The molecule has 0 N–H and O–H groups in total. The second kappa shape index (κ2) is 6.18. The SMILES string of the molecule is Cc1c(-c2ccccc2)c(=O)n2nccc2n1Cc1ccc(Cl)nc1. The second-order valence-corrected chi connectivity index (χ2v) is 6.20. The smallest absolute Gasteiger partial charge is 0.282 e. The first-order valence-electron chi connectivity index (χ1n) is 7.88. The Kier molecular flexibility index (Phi) is 3.86. The van der Waals surface area contributed by atoms with Gasteiger partial charge < -0.3 is 4.57 Å². The van der Waals surface area contributed by atoms with Crippen LogP contribution in [0.1, 0.15) is 11.3 Å². The van der Waals surface area contributed by atoms with E-state index in [1.54, 1.807) is 18.5 Å². The molecule has 3 aromatic heterocycles. The van der Waals surface area contributed by atoms with Gasteiger partial charge in [0.05, 0.1) is 18.3 Å². The lowest BCUT2D eigenvalue weighted by atomic mass is 10.1. The number of nitrogens with zero attached hydrogens (tertiary/aromatic N) is 4. The predicted octanol–water partition coefficient (Wildman–Crippen LogP) is 3.57. The van der Waals surface area contributed by atoms with Crippen LogP contribution in [0.15, 0.2) is 65.7 Å². The van der Waals surface area contributed by atoms with Gasteiger partial charge in [-0.2, -0.15) is 9.61 Å². The molecule has 0 bridgehead atoms. The van der Waals surface area contributed by atoms with E-state index >= 15 is 0 Å². The van der Waals surface area contributed by atoms with Crippen LogP contribution >= 0.6 is 11.6 Å². The highest BCUT2D eigenvalue weighted by Crippen LogP contribution is 2.22. The van der Waals surface area contributed by atoms with Crippen molar-refractivity contribution < 1.29 is 0 Å². The first-order chi connectivity index (χ1) is 12.1. The Labute approximate surface area is 149 Å². The molecule has 4 rings (SSSR count). The largest absolute Gasteiger partial charge is 0.325 e. The van der Waals surface area contributed by atoms with Gasteiger partial charge in [-0.15, -0.1) is 0 Å². The van der Waals surface area contributed by atoms with Crippen LogP contribution in [0, 0.1) is 6.92 Å². The summed E-state index contributed by atoms with van der Waals surface area (Å²) in [6.07, 6.45) is 3.39. The van der Waals surface area contributed by atoms with Crippen molar-refractivity contribution in [3.05, 3.63) is 87.7 Å². The molecule has 0 spiro atoms. The summed E-state index contributed by atoms with van der Waals surface area (Å²) in [6, 6.07) is 15.2. The standard InChI is InChI=1S/C19H15ClN4O/c1-13-18(15-5-3-2-4-6-15)19(25)24-17(9-10-22-24)23(13)12-14-7-8-16(20)21-11-14/h2-11H,12H2,1H3. The van der Waals surface area contributed by atoms with E-state index in [0.717, 1.165) is 22.5 Å². The average Bonchev–Trinajstić information content (AvgIpc) is 3.11. The lowest BCUT2D eigenvalue weighted by Crippen LogP contribution is -2.23. The Morgan fingerprint density at radius 2 is 1.88 bits per heavy atom. The molecule has 0 radical (unpaired) electrons. The van der Waals surface area contributed by atoms with Gasteiger partial charge >= 0.3 is 0 Å². The van der Waals surface area contributed by atoms with Gasteiger partial charge in [0, 0.05) is 18.0 Å². The lowest BCUT2D eigenvalue weighted by molar-refractivity contribution is 0.739. The van der Waals surface area contributed by atoms with Crippen LogP contribution in [0.5, 0.6) is 0 Å². The molecule has 1 aromatic carbocycles. The summed E-state index contributed by atoms with van der Waals surface area (Å²) in [5, 5.41) is 4.67. The Bertz CT molecular complexity index is 1100. The van der Waals surface area contributed by atoms with Crippen LogP contribution in [0.2, 0.25) is 5.15 Å². The summed E-state index contributed by atoms with van der Waals surface area (Å²) in [5.41, 5.74) is 4.05. The van der Waals surface area contributed by atoms with Crippen LogP contribution in [0.3, 0.4) is 0 Å². The van der Waals surface area contributed by atoms with Gasteiger partial charge in [-0.3, -0.25) is 4.79 Å². The molecule has 0 saturated heterocycles. The average molecular weight is 351 g/mol. The molecule has 0 saturated carbocycles. The van der Waals surface area contributed by atoms with Crippen LogP contribution in [0.4, 0.5) is 0 Å². The molecule has 4 aromatic rings. The molecule has 0 unspecified atom stereocenters. The monoisotopic (exact) mass is 350 g/mol. The summed E-state index contributed by atoms with van der Waals surface area (Å²) in [4.78, 5) is 17.1. The summed E-state index contributed by atoms with van der Waals surface area (Å²) >= 11 is 5.88. The fourth-order valence-corrected chi connectivity index (χ4v) is 3.16. The maximum Gasteiger partial charge on any atom is 0.282 e. The van der Waals surface area contributed by atoms with Crippen LogP contribution < -0.4 is 5.56 Å². The first kappa shape index (κ1) is 15.6. The Morgan fingerprint density at radius 1 is 1.08 bits per heavy atom. The highest BCUT2D eigenvalue weighted by Gasteiger charge is 2.16. The highest BCUT2D eigenvalue weighted by atomic mass is 35.5. The minimum Gasteiger partial charge on any atom is -0.325 e. The number of pyridine rings is 1. The molecule has 0 aliphatic heterocycles. The van der Waals surface area contributed by atoms with Gasteiger partial charge in [0.2, 0.25) is 0 Å². The molecule has 5 nitrogen and oxygen atoms in total. The molecule has 25 heavy (non-hydrogen) atoms. The molecule has 0 aliphatic rings. The topological polar surface area (TPSA) is 52.2 Å². The van der Waals surface area contributed by atoms with E-state index in [0.29, 0.717) is 17.3 Å². The normalized spacial score (nSPS) is 11.1. The van der Waals surface area contributed by atoms with Crippen LogP contribution in [-0.2, 0) is 6.54 Å². The van der Waals surface area contributed by atoms with Gasteiger partial charge in [-0.05, 0) is 24.1 Å².